The number of hydrogen-bond acceptors (Lipinski definition) is 4. The summed E-state index contributed by atoms with van der Waals surface area (Å²) in [5.74, 6) is 0. The van der Waals surface area contributed by atoms with Gasteiger partial charge in [-0.15, -0.1) is 11.3 Å². The second kappa shape index (κ2) is 7.56. The van der Waals surface area contributed by atoms with E-state index in [1.54, 1.807) is 11.3 Å². The molecule has 1 fully saturated rings. The lowest BCUT2D eigenvalue weighted by Gasteiger charge is -2.32. The van der Waals surface area contributed by atoms with Crippen LogP contribution in [0.25, 0.3) is 0 Å². The summed E-state index contributed by atoms with van der Waals surface area (Å²) < 4.78 is 1.78. The van der Waals surface area contributed by atoms with Crippen LogP contribution in [0.2, 0.25) is 4.34 Å². The van der Waals surface area contributed by atoms with Gasteiger partial charge in [-0.05, 0) is 55.0 Å². The minimum Gasteiger partial charge on any atom is -0.329 e. The quantitative estimate of drug-likeness (QED) is 0.818. The molecule has 1 aliphatic heterocycles. The third kappa shape index (κ3) is 3.76. The van der Waals surface area contributed by atoms with Gasteiger partial charge >= 0.3 is 0 Å². The average molecular weight is 381 g/mol. The van der Waals surface area contributed by atoms with Gasteiger partial charge in [0.25, 0.3) is 0 Å². The first kappa shape index (κ1) is 16.7. The Hall–Kier alpha value is 0.350. The third-order valence-corrected chi connectivity index (χ3v) is 6.73. The smallest absolute Gasteiger partial charge is 0.107 e. The van der Waals surface area contributed by atoms with E-state index < -0.39 is 0 Å². The number of rotatable bonds is 6. The largest absolute Gasteiger partial charge is 0.329 e. The van der Waals surface area contributed by atoms with Gasteiger partial charge in [-0.3, -0.25) is 9.80 Å². The van der Waals surface area contributed by atoms with Gasteiger partial charge in [0, 0.05) is 28.5 Å². The van der Waals surface area contributed by atoms with Gasteiger partial charge in [0.1, 0.15) is 4.34 Å². The molecule has 1 aromatic heterocycles. The third-order valence-electron chi connectivity index (χ3n) is 4.15. The molecule has 114 valence electrons. The maximum Gasteiger partial charge on any atom is 0.107 e. The Labute approximate surface area is 139 Å². The van der Waals surface area contributed by atoms with Crippen LogP contribution in [0, 0.1) is 0 Å². The number of hydrogen-bond donors (Lipinski definition) is 1. The number of likely N-dealkylation sites (tertiary alicyclic amines) is 1. The van der Waals surface area contributed by atoms with Crippen molar-refractivity contribution in [1.29, 1.82) is 0 Å². The van der Waals surface area contributed by atoms with Crippen molar-refractivity contribution < 1.29 is 0 Å². The molecule has 0 spiro atoms. The van der Waals surface area contributed by atoms with E-state index in [0.717, 1.165) is 21.9 Å². The van der Waals surface area contributed by atoms with E-state index >= 15 is 0 Å². The van der Waals surface area contributed by atoms with Crippen LogP contribution in [0.15, 0.2) is 10.5 Å². The van der Waals surface area contributed by atoms with Gasteiger partial charge in [0.05, 0.1) is 6.04 Å². The lowest BCUT2D eigenvalue weighted by molar-refractivity contribution is 0.167. The molecule has 0 aliphatic carbocycles. The molecule has 0 bridgehead atoms. The lowest BCUT2D eigenvalue weighted by atomic mass is 10.1. The van der Waals surface area contributed by atoms with Crippen LogP contribution >= 0.6 is 38.9 Å². The average Bonchev–Trinajstić information content (AvgIpc) is 2.98. The van der Waals surface area contributed by atoms with Crippen LogP contribution in [0.1, 0.15) is 30.7 Å². The molecule has 3 nitrogen and oxygen atoms in total. The first-order valence-electron chi connectivity index (χ1n) is 7.15. The molecule has 2 atom stereocenters. The predicted octanol–water partition coefficient (Wildman–Crippen LogP) is 3.58. The van der Waals surface area contributed by atoms with Crippen LogP contribution in [0.4, 0.5) is 0 Å². The van der Waals surface area contributed by atoms with Crippen LogP contribution in [-0.2, 0) is 0 Å². The minimum absolute atomic E-state index is 0.253. The van der Waals surface area contributed by atoms with Crippen LogP contribution < -0.4 is 5.73 Å². The molecule has 2 heterocycles. The zero-order valence-electron chi connectivity index (χ0n) is 12.1. The fourth-order valence-electron chi connectivity index (χ4n) is 3.02. The molecule has 2 N–H and O–H groups in total. The molecule has 1 aromatic rings. The zero-order chi connectivity index (χ0) is 14.7. The molecule has 20 heavy (non-hydrogen) atoms. The fourth-order valence-corrected chi connectivity index (χ4v) is 4.93. The standard InChI is InChI=1S/C14H23BrClN3S/c1-3-19-6-4-5-10(19)9-18(2)12(8-17)13-7-11(15)14(16)20-13/h7,10,12H,3-6,8-9,17H2,1-2H3. The van der Waals surface area contributed by atoms with Crippen molar-refractivity contribution >= 4 is 38.9 Å². The first-order chi connectivity index (χ1) is 9.56. The van der Waals surface area contributed by atoms with Crippen molar-refractivity contribution in [3.8, 4) is 0 Å². The molecule has 2 rings (SSSR count). The van der Waals surface area contributed by atoms with E-state index in [1.165, 1.54) is 24.3 Å². The van der Waals surface area contributed by atoms with Crippen molar-refractivity contribution in [2.45, 2.75) is 31.8 Å². The Kier molecular flexibility index (Phi) is 6.32. The molecule has 0 aromatic carbocycles. The highest BCUT2D eigenvalue weighted by Gasteiger charge is 2.27. The summed E-state index contributed by atoms with van der Waals surface area (Å²) >= 11 is 11.3. The normalized spacial score (nSPS) is 21.8. The number of likely N-dealkylation sites (N-methyl/N-ethyl adjacent to an activating group) is 2. The summed E-state index contributed by atoms with van der Waals surface area (Å²) in [7, 11) is 2.17. The summed E-state index contributed by atoms with van der Waals surface area (Å²) in [5, 5.41) is 0. The first-order valence-corrected chi connectivity index (χ1v) is 9.14. The van der Waals surface area contributed by atoms with E-state index in [-0.39, 0.29) is 6.04 Å². The second-order valence-corrected chi connectivity index (χ2v) is 7.93. The second-order valence-electron chi connectivity index (χ2n) is 5.39. The molecular weight excluding hydrogens is 358 g/mol. The highest BCUT2D eigenvalue weighted by molar-refractivity contribution is 9.10. The SMILES string of the molecule is CCN1CCCC1CN(C)C(CN)c1cc(Br)c(Cl)s1. The van der Waals surface area contributed by atoms with Crippen LogP contribution in [0.5, 0.6) is 0 Å². The maximum atomic E-state index is 6.16. The van der Waals surface area contributed by atoms with Crippen LogP contribution in [0.3, 0.4) is 0 Å². The highest BCUT2D eigenvalue weighted by Crippen LogP contribution is 2.36. The Bertz CT molecular complexity index is 421. The van der Waals surface area contributed by atoms with Gasteiger partial charge in [-0.25, -0.2) is 0 Å². The highest BCUT2D eigenvalue weighted by atomic mass is 79.9. The van der Waals surface area contributed by atoms with Crippen molar-refractivity contribution in [1.82, 2.24) is 9.80 Å². The molecule has 1 saturated heterocycles. The molecule has 0 amide bonds. The van der Waals surface area contributed by atoms with Crippen LogP contribution in [-0.4, -0.2) is 49.1 Å². The van der Waals surface area contributed by atoms with E-state index in [1.807, 2.05) is 0 Å². The maximum absolute atomic E-state index is 6.16. The van der Waals surface area contributed by atoms with Gasteiger partial charge in [-0.2, -0.15) is 0 Å². The zero-order valence-corrected chi connectivity index (χ0v) is 15.3. The van der Waals surface area contributed by atoms with Gasteiger partial charge in [-0.1, -0.05) is 18.5 Å². The van der Waals surface area contributed by atoms with E-state index in [2.05, 4.69) is 45.8 Å². The number of nitrogens with two attached hydrogens (primary N) is 1. The van der Waals surface area contributed by atoms with Gasteiger partial charge in [0.15, 0.2) is 0 Å². The molecule has 0 radical (unpaired) electrons. The summed E-state index contributed by atoms with van der Waals surface area (Å²) in [6.07, 6.45) is 2.61. The molecule has 0 saturated carbocycles. The molecular formula is C14H23BrClN3S. The summed E-state index contributed by atoms with van der Waals surface area (Å²) in [6.45, 7) is 6.32. The minimum atomic E-state index is 0.253. The van der Waals surface area contributed by atoms with Crippen molar-refractivity contribution in [2.75, 3.05) is 33.2 Å². The summed E-state index contributed by atoms with van der Waals surface area (Å²) in [5.41, 5.74) is 6.00. The fraction of sp³-hybridized carbons (Fsp3) is 0.714. The Morgan fingerprint density at radius 2 is 2.40 bits per heavy atom. The topological polar surface area (TPSA) is 32.5 Å². The van der Waals surface area contributed by atoms with Crippen molar-refractivity contribution in [2.24, 2.45) is 5.73 Å². The van der Waals surface area contributed by atoms with E-state index in [9.17, 15) is 0 Å². The summed E-state index contributed by atoms with van der Waals surface area (Å²) in [6, 6.07) is 3.02. The molecule has 2 unspecified atom stereocenters. The number of halogens is 2. The monoisotopic (exact) mass is 379 g/mol. The Morgan fingerprint density at radius 1 is 1.65 bits per heavy atom. The molecule has 6 heteroatoms. The van der Waals surface area contributed by atoms with Gasteiger partial charge in [0.2, 0.25) is 0 Å². The van der Waals surface area contributed by atoms with Crippen molar-refractivity contribution in [3.05, 3.63) is 19.8 Å². The predicted molar refractivity (Wildman–Crippen MR) is 91.7 cm³/mol. The summed E-state index contributed by atoms with van der Waals surface area (Å²) in [4.78, 5) is 6.20. The number of thiophene rings is 1. The van der Waals surface area contributed by atoms with E-state index in [0.29, 0.717) is 12.6 Å². The number of nitrogens with zero attached hydrogens (tertiary/aromatic N) is 2. The van der Waals surface area contributed by atoms with E-state index in [4.69, 9.17) is 17.3 Å². The molecule has 1 aliphatic rings. The Balaban J connectivity index is 2.03. The Morgan fingerprint density at radius 3 is 2.95 bits per heavy atom. The van der Waals surface area contributed by atoms with Crippen molar-refractivity contribution in [3.63, 3.8) is 0 Å². The van der Waals surface area contributed by atoms with Gasteiger partial charge < -0.3 is 5.73 Å². The lowest BCUT2D eigenvalue weighted by Crippen LogP contribution is -2.41.